The third-order valence-electron chi connectivity index (χ3n) is 5.99. The molecule has 1 fully saturated rings. The van der Waals surface area contributed by atoms with Crippen LogP contribution in [0.1, 0.15) is 88.7 Å². The van der Waals surface area contributed by atoms with E-state index in [4.69, 9.17) is 0 Å². The maximum Gasteiger partial charge on any atom is 0.0630 e. The van der Waals surface area contributed by atoms with E-state index in [1.807, 2.05) is 33.8 Å². The molecule has 3 rings (SSSR count). The first kappa shape index (κ1) is 35.7. The van der Waals surface area contributed by atoms with Gasteiger partial charge in [0.25, 0.3) is 0 Å². The van der Waals surface area contributed by atoms with E-state index < -0.39 is 0 Å². The number of terminal acetylenes is 2. The first-order valence-electron chi connectivity index (χ1n) is 13.4. The summed E-state index contributed by atoms with van der Waals surface area (Å²) in [5, 5.41) is 0. The van der Waals surface area contributed by atoms with Gasteiger partial charge in [-0.1, -0.05) is 114 Å². The highest BCUT2D eigenvalue weighted by molar-refractivity contribution is 5.79. The van der Waals surface area contributed by atoms with Crippen molar-refractivity contribution in [3.8, 4) is 25.7 Å². The molecule has 0 unspecified atom stereocenters. The molecule has 1 aromatic heterocycles. The molecular formula is C35H50N2. The quantitative estimate of drug-likeness (QED) is 0.266. The highest BCUT2D eigenvalue weighted by Gasteiger charge is 2.14. The predicted octanol–water partition coefficient (Wildman–Crippen LogP) is 9.90. The Balaban J connectivity index is 0. The summed E-state index contributed by atoms with van der Waals surface area (Å²) in [7, 11) is 0. The maximum absolute atomic E-state index is 4.59. The first-order chi connectivity index (χ1) is 18.0. The van der Waals surface area contributed by atoms with Gasteiger partial charge in [0.05, 0.1) is 17.1 Å². The number of rotatable bonds is 8. The van der Waals surface area contributed by atoms with Crippen LogP contribution >= 0.6 is 0 Å². The molecule has 0 atom stereocenters. The van der Waals surface area contributed by atoms with Crippen molar-refractivity contribution in [1.29, 1.82) is 0 Å². The monoisotopic (exact) mass is 498 g/mol. The van der Waals surface area contributed by atoms with Crippen LogP contribution in [0.4, 0.5) is 5.69 Å². The van der Waals surface area contributed by atoms with Gasteiger partial charge in [0.15, 0.2) is 0 Å². The Bertz CT molecular complexity index is 932. The molecule has 1 aromatic carbocycles. The summed E-state index contributed by atoms with van der Waals surface area (Å²) in [6.45, 7) is 21.3. The number of pyridine rings is 1. The van der Waals surface area contributed by atoms with Crippen LogP contribution in [0.5, 0.6) is 0 Å². The van der Waals surface area contributed by atoms with Crippen LogP contribution in [0.25, 0.3) is 11.8 Å². The van der Waals surface area contributed by atoms with Crippen LogP contribution in [-0.2, 0) is 0 Å². The van der Waals surface area contributed by atoms with Crippen molar-refractivity contribution >= 4 is 17.5 Å². The second-order valence-electron chi connectivity index (χ2n) is 8.48. The summed E-state index contributed by atoms with van der Waals surface area (Å²) in [4.78, 5) is 6.78. The number of nitrogens with zero attached hydrogens (tertiary/aromatic N) is 2. The highest BCUT2D eigenvalue weighted by Crippen LogP contribution is 2.29. The molecule has 2 nitrogen and oxygen atoms in total. The van der Waals surface area contributed by atoms with E-state index in [1.165, 1.54) is 44.1 Å². The van der Waals surface area contributed by atoms with Gasteiger partial charge in [-0.05, 0) is 50.5 Å². The number of aromatic nitrogens is 1. The second-order valence-corrected chi connectivity index (χ2v) is 8.48. The first-order valence-corrected chi connectivity index (χ1v) is 13.4. The fraction of sp³-hybridized carbons (Fsp3) is 0.400. The van der Waals surface area contributed by atoms with E-state index >= 15 is 0 Å². The zero-order valence-electron chi connectivity index (χ0n) is 24.3. The molecule has 37 heavy (non-hydrogen) atoms. The SMILES string of the molecule is C#C.C#C.C=Cc1ccc(N(C/C=C\C)C(=C)c2ccc(C)cc2)c(C)n1.CC.CCCC1CCCC1. The van der Waals surface area contributed by atoms with Gasteiger partial charge in [0, 0.05) is 12.2 Å². The van der Waals surface area contributed by atoms with Crippen LogP contribution in [0.2, 0.25) is 0 Å². The van der Waals surface area contributed by atoms with Gasteiger partial charge in [0.2, 0.25) is 0 Å². The van der Waals surface area contributed by atoms with Crippen LogP contribution in [0.3, 0.4) is 0 Å². The maximum atomic E-state index is 4.59. The van der Waals surface area contributed by atoms with Crippen molar-refractivity contribution in [2.45, 2.75) is 80.1 Å². The summed E-state index contributed by atoms with van der Waals surface area (Å²) in [5.74, 6) is 1.11. The van der Waals surface area contributed by atoms with Crippen molar-refractivity contribution in [2.75, 3.05) is 11.4 Å². The van der Waals surface area contributed by atoms with Gasteiger partial charge in [-0.2, -0.15) is 0 Å². The molecule has 0 saturated heterocycles. The van der Waals surface area contributed by atoms with Gasteiger partial charge < -0.3 is 4.90 Å². The number of anilines is 1. The number of hydrogen-bond donors (Lipinski definition) is 0. The lowest BCUT2D eigenvalue weighted by Crippen LogP contribution is -2.22. The van der Waals surface area contributed by atoms with E-state index in [0.717, 1.165) is 40.8 Å². The molecule has 0 radical (unpaired) electrons. The zero-order valence-corrected chi connectivity index (χ0v) is 24.3. The molecule has 0 bridgehead atoms. The Labute approximate surface area is 229 Å². The third-order valence-corrected chi connectivity index (χ3v) is 5.99. The molecular weight excluding hydrogens is 448 g/mol. The normalized spacial score (nSPS) is 11.7. The van der Waals surface area contributed by atoms with Crippen LogP contribution in [0, 0.1) is 45.5 Å². The summed E-state index contributed by atoms with van der Waals surface area (Å²) in [6.07, 6.45) is 30.9. The lowest BCUT2D eigenvalue weighted by molar-refractivity contribution is 0.496. The van der Waals surface area contributed by atoms with Gasteiger partial charge in [-0.15, -0.1) is 25.7 Å². The molecule has 2 aromatic rings. The largest absolute Gasteiger partial charge is 0.336 e. The Hall–Kier alpha value is -3.49. The minimum Gasteiger partial charge on any atom is -0.336 e. The summed E-state index contributed by atoms with van der Waals surface area (Å²) in [5.41, 5.74) is 6.26. The van der Waals surface area contributed by atoms with E-state index in [0.29, 0.717) is 0 Å². The summed E-state index contributed by atoms with van der Waals surface area (Å²) < 4.78 is 0. The summed E-state index contributed by atoms with van der Waals surface area (Å²) >= 11 is 0. The van der Waals surface area contributed by atoms with Crippen LogP contribution in [0.15, 0.2) is 61.7 Å². The van der Waals surface area contributed by atoms with Gasteiger partial charge in [0.1, 0.15) is 0 Å². The highest BCUT2D eigenvalue weighted by atomic mass is 15.1. The lowest BCUT2D eigenvalue weighted by Gasteiger charge is -2.27. The number of hydrogen-bond acceptors (Lipinski definition) is 2. The van der Waals surface area contributed by atoms with Gasteiger partial charge in [-0.25, -0.2) is 0 Å². The second kappa shape index (κ2) is 22.9. The van der Waals surface area contributed by atoms with E-state index in [9.17, 15) is 0 Å². The predicted molar refractivity (Wildman–Crippen MR) is 169 cm³/mol. The molecule has 1 heterocycles. The molecule has 1 saturated carbocycles. The Morgan fingerprint density at radius 1 is 1.00 bits per heavy atom. The van der Waals surface area contributed by atoms with Crippen molar-refractivity contribution in [3.05, 3.63) is 84.2 Å². The standard InChI is InChI=1S/C21H24N2.C8H16.C2H6.2C2H2/c1-6-8-15-23(18(5)19-11-9-16(3)10-12-19)21-14-13-20(7-2)22-17(21)4;1-2-5-8-6-3-4-7-8;3*1-2/h6-14H,2,5,15H2,1,3-4H3;8H,2-7H2,1H3;1-2H3;2*1-2H/b8-6-;;;;. The van der Waals surface area contributed by atoms with E-state index in [1.54, 1.807) is 6.08 Å². The minimum atomic E-state index is 0.763. The van der Waals surface area contributed by atoms with Crippen molar-refractivity contribution in [2.24, 2.45) is 5.92 Å². The molecule has 0 amide bonds. The molecule has 0 N–H and O–H groups in total. The Kier molecular flexibility index (Phi) is 22.1. The van der Waals surface area contributed by atoms with Crippen LogP contribution in [-0.4, -0.2) is 11.5 Å². The number of allylic oxidation sites excluding steroid dienone is 1. The van der Waals surface area contributed by atoms with Crippen molar-refractivity contribution in [3.63, 3.8) is 0 Å². The molecule has 0 spiro atoms. The van der Waals surface area contributed by atoms with Crippen molar-refractivity contribution < 1.29 is 0 Å². The van der Waals surface area contributed by atoms with Crippen molar-refractivity contribution in [1.82, 2.24) is 4.98 Å². The fourth-order valence-corrected chi connectivity index (χ4v) is 4.15. The van der Waals surface area contributed by atoms with E-state index in [-0.39, 0.29) is 0 Å². The Morgan fingerprint density at radius 3 is 2.03 bits per heavy atom. The zero-order chi connectivity index (χ0) is 28.6. The Morgan fingerprint density at radius 2 is 1.57 bits per heavy atom. The fourth-order valence-electron chi connectivity index (χ4n) is 4.15. The smallest absolute Gasteiger partial charge is 0.0630 e. The molecule has 1 aliphatic carbocycles. The average molecular weight is 499 g/mol. The molecule has 1 aliphatic rings. The van der Waals surface area contributed by atoms with E-state index in [2.05, 4.69) is 105 Å². The number of benzene rings is 1. The summed E-state index contributed by atoms with van der Waals surface area (Å²) in [6, 6.07) is 12.5. The average Bonchev–Trinajstić information content (AvgIpc) is 3.47. The minimum absolute atomic E-state index is 0.763. The number of aryl methyl sites for hydroxylation is 2. The van der Waals surface area contributed by atoms with Gasteiger partial charge >= 0.3 is 0 Å². The topological polar surface area (TPSA) is 16.1 Å². The molecule has 0 aliphatic heterocycles. The third kappa shape index (κ3) is 13.4. The lowest BCUT2D eigenvalue weighted by atomic mass is 10.0. The van der Waals surface area contributed by atoms with Gasteiger partial charge in [-0.3, -0.25) is 4.98 Å². The van der Waals surface area contributed by atoms with Crippen LogP contribution < -0.4 is 4.90 Å². The molecule has 200 valence electrons. The molecule has 2 heteroatoms.